The van der Waals surface area contributed by atoms with Crippen LogP contribution in [0.25, 0.3) is 0 Å². The van der Waals surface area contributed by atoms with E-state index in [2.05, 4.69) is 63.0 Å². The van der Waals surface area contributed by atoms with Crippen molar-refractivity contribution in [2.24, 2.45) is 0 Å². The van der Waals surface area contributed by atoms with Crippen LogP contribution in [0.1, 0.15) is 27.2 Å². The number of halogens is 1. The molecule has 0 aromatic heterocycles. The second-order valence-electron chi connectivity index (χ2n) is 5.51. The summed E-state index contributed by atoms with van der Waals surface area (Å²) >= 11 is 2.36. The van der Waals surface area contributed by atoms with E-state index in [9.17, 15) is 0 Å². The molecule has 0 bridgehead atoms. The maximum Gasteiger partial charge on any atom is 0.193 e. The lowest BCUT2D eigenvalue weighted by molar-refractivity contribution is 0.134. The fraction of sp³-hybridized carbons (Fsp3) is 0.833. The summed E-state index contributed by atoms with van der Waals surface area (Å²) in [4.78, 5) is 0. The minimum atomic E-state index is -1.73. The normalized spacial score (nSPS) is 14.7. The molecule has 0 saturated carbocycles. The third-order valence-electron chi connectivity index (χ3n) is 3.24. The molecule has 0 N–H and O–H groups in total. The van der Waals surface area contributed by atoms with Gasteiger partial charge < -0.3 is 9.16 Å². The number of ether oxygens (including phenoxy) is 1. The summed E-state index contributed by atoms with van der Waals surface area (Å²) in [6.45, 7) is 15.2. The van der Waals surface area contributed by atoms with Crippen LogP contribution in [0.15, 0.2) is 12.3 Å². The van der Waals surface area contributed by atoms with Crippen LogP contribution >= 0.6 is 22.6 Å². The van der Waals surface area contributed by atoms with E-state index >= 15 is 0 Å². The van der Waals surface area contributed by atoms with Crippen LogP contribution in [0.4, 0.5) is 0 Å². The Bertz CT molecular complexity index is 234. The van der Waals surface area contributed by atoms with Crippen molar-refractivity contribution in [1.82, 2.24) is 0 Å². The van der Waals surface area contributed by atoms with E-state index < -0.39 is 8.32 Å². The first-order chi connectivity index (χ1) is 7.15. The summed E-state index contributed by atoms with van der Waals surface area (Å²) < 4.78 is 12.6. The molecule has 1 unspecified atom stereocenters. The van der Waals surface area contributed by atoms with Crippen LogP contribution in [0.2, 0.25) is 18.1 Å². The molecular weight excluding hydrogens is 331 g/mol. The van der Waals surface area contributed by atoms with Crippen LogP contribution < -0.4 is 0 Å². The first-order valence-electron chi connectivity index (χ1n) is 5.62. The molecule has 0 rings (SSSR count). The van der Waals surface area contributed by atoms with Gasteiger partial charge in [0.25, 0.3) is 0 Å². The zero-order valence-electron chi connectivity index (χ0n) is 11.4. The quantitative estimate of drug-likeness (QED) is 0.305. The lowest BCUT2D eigenvalue weighted by atomic mass is 10.2. The Labute approximate surface area is 115 Å². The highest BCUT2D eigenvalue weighted by Gasteiger charge is 2.39. The lowest BCUT2D eigenvalue weighted by Gasteiger charge is -2.39. The summed E-state index contributed by atoms with van der Waals surface area (Å²) in [7, 11) is -0.0642. The van der Waals surface area contributed by atoms with Crippen molar-refractivity contribution in [3.8, 4) is 0 Å². The molecule has 4 heteroatoms. The van der Waals surface area contributed by atoms with Crippen molar-refractivity contribution in [3.05, 3.63) is 12.3 Å². The van der Waals surface area contributed by atoms with Crippen LogP contribution in [0.3, 0.4) is 0 Å². The molecule has 0 spiro atoms. The van der Waals surface area contributed by atoms with Crippen molar-refractivity contribution in [2.75, 3.05) is 11.5 Å². The van der Waals surface area contributed by atoms with E-state index in [0.717, 1.165) is 16.6 Å². The monoisotopic (exact) mass is 356 g/mol. The summed E-state index contributed by atoms with van der Waals surface area (Å²) in [5.74, 6) is 0.751. The van der Waals surface area contributed by atoms with E-state index in [1.807, 2.05) is 0 Å². The fourth-order valence-electron chi connectivity index (χ4n) is 1.05. The first-order valence-corrected chi connectivity index (χ1v) is 10.1. The van der Waals surface area contributed by atoms with E-state index in [1.54, 1.807) is 7.11 Å². The van der Waals surface area contributed by atoms with Gasteiger partial charge in [0, 0.05) is 4.43 Å². The molecule has 0 radical (unpaired) electrons. The maximum atomic E-state index is 6.31. The Balaban J connectivity index is 4.68. The zero-order chi connectivity index (χ0) is 13.0. The van der Waals surface area contributed by atoms with Gasteiger partial charge in [-0.3, -0.25) is 0 Å². The molecule has 0 aliphatic rings. The van der Waals surface area contributed by atoms with Gasteiger partial charge in [0.05, 0.1) is 7.11 Å². The fourth-order valence-corrected chi connectivity index (χ4v) is 2.93. The highest BCUT2D eigenvalue weighted by atomic mass is 127. The predicted molar refractivity (Wildman–Crippen MR) is 81.7 cm³/mol. The summed E-state index contributed by atoms with van der Waals surface area (Å²) in [6, 6.07) is 0. The molecule has 0 saturated heterocycles. The molecule has 96 valence electrons. The molecule has 2 nitrogen and oxygen atoms in total. The molecule has 0 aromatic carbocycles. The van der Waals surface area contributed by atoms with Gasteiger partial charge in [0.15, 0.2) is 8.32 Å². The zero-order valence-corrected chi connectivity index (χ0v) is 14.6. The van der Waals surface area contributed by atoms with E-state index in [-0.39, 0.29) is 11.1 Å². The second kappa shape index (κ2) is 6.40. The molecular formula is C12H25IO2Si. The molecule has 0 aliphatic heterocycles. The highest BCUT2D eigenvalue weighted by molar-refractivity contribution is 14.1. The van der Waals surface area contributed by atoms with Gasteiger partial charge in [-0.2, -0.15) is 0 Å². The molecule has 0 heterocycles. The van der Waals surface area contributed by atoms with Gasteiger partial charge in [-0.05, 0) is 24.6 Å². The Kier molecular flexibility index (Phi) is 6.58. The number of hydrogen-bond donors (Lipinski definition) is 0. The Morgan fingerprint density at radius 2 is 1.88 bits per heavy atom. The standard InChI is InChI=1S/C12H25IO2Si/c1-10(14-5)11(8-9-13)15-16(6,7)12(2,3)4/h11H,1,8-9H2,2-7H3. The second-order valence-corrected chi connectivity index (χ2v) is 11.3. The third kappa shape index (κ3) is 4.75. The van der Waals surface area contributed by atoms with Crippen LogP contribution in [0.5, 0.6) is 0 Å². The number of alkyl halides is 1. The largest absolute Gasteiger partial charge is 0.499 e. The van der Waals surface area contributed by atoms with Crippen LogP contribution in [-0.2, 0) is 9.16 Å². The van der Waals surface area contributed by atoms with Crippen molar-refractivity contribution in [1.29, 1.82) is 0 Å². The van der Waals surface area contributed by atoms with Crippen molar-refractivity contribution < 1.29 is 9.16 Å². The highest BCUT2D eigenvalue weighted by Crippen LogP contribution is 2.38. The van der Waals surface area contributed by atoms with Gasteiger partial charge in [-0.1, -0.05) is 49.9 Å². The SMILES string of the molecule is C=C(OC)C(CCI)O[Si](C)(C)C(C)(C)C. The van der Waals surface area contributed by atoms with Crippen LogP contribution in [0, 0.1) is 0 Å². The van der Waals surface area contributed by atoms with Crippen LogP contribution in [-0.4, -0.2) is 26.0 Å². The number of hydrogen-bond acceptors (Lipinski definition) is 2. The molecule has 0 fully saturated rings. The minimum Gasteiger partial charge on any atom is -0.499 e. The summed E-state index contributed by atoms with van der Waals surface area (Å²) in [5, 5.41) is 0.227. The topological polar surface area (TPSA) is 18.5 Å². The Morgan fingerprint density at radius 1 is 1.38 bits per heavy atom. The number of methoxy groups -OCH3 is 1. The van der Waals surface area contributed by atoms with E-state index in [0.29, 0.717) is 0 Å². The average molecular weight is 356 g/mol. The van der Waals surface area contributed by atoms with Gasteiger partial charge in [0.1, 0.15) is 11.9 Å². The van der Waals surface area contributed by atoms with Gasteiger partial charge in [-0.25, -0.2) is 0 Å². The number of rotatable bonds is 6. The molecule has 16 heavy (non-hydrogen) atoms. The molecule has 1 atom stereocenters. The van der Waals surface area contributed by atoms with Gasteiger partial charge in [-0.15, -0.1) is 0 Å². The first kappa shape index (κ1) is 16.4. The smallest absolute Gasteiger partial charge is 0.193 e. The average Bonchev–Trinajstić information content (AvgIpc) is 2.14. The minimum absolute atomic E-state index is 0.0443. The summed E-state index contributed by atoms with van der Waals surface area (Å²) in [6.07, 6.45) is 1.02. The van der Waals surface area contributed by atoms with E-state index in [1.165, 1.54) is 0 Å². The molecule has 0 aromatic rings. The predicted octanol–water partition coefficient (Wildman–Crippen LogP) is 4.36. The third-order valence-corrected chi connectivity index (χ3v) is 8.34. The molecule has 0 aliphatic carbocycles. The van der Waals surface area contributed by atoms with Crippen molar-refractivity contribution >= 4 is 30.9 Å². The Morgan fingerprint density at radius 3 is 2.19 bits per heavy atom. The van der Waals surface area contributed by atoms with Crippen molar-refractivity contribution in [3.63, 3.8) is 0 Å². The van der Waals surface area contributed by atoms with Gasteiger partial charge in [0.2, 0.25) is 0 Å². The Hall–Kier alpha value is 0.447. The van der Waals surface area contributed by atoms with Gasteiger partial charge >= 0.3 is 0 Å². The van der Waals surface area contributed by atoms with E-state index in [4.69, 9.17) is 9.16 Å². The molecule has 0 amide bonds. The summed E-state index contributed by atoms with van der Waals surface area (Å²) in [5.41, 5.74) is 0. The lowest BCUT2D eigenvalue weighted by Crippen LogP contribution is -2.44. The van der Waals surface area contributed by atoms with Crippen molar-refractivity contribution in [2.45, 2.75) is 51.4 Å². The maximum absolute atomic E-state index is 6.31.